The maximum Gasteiger partial charge on any atom is 0.319 e. The Balaban J connectivity index is 1.55. The number of amides is 2. The first-order valence-corrected chi connectivity index (χ1v) is 8.21. The second-order valence-corrected chi connectivity index (χ2v) is 5.79. The van der Waals surface area contributed by atoms with Crippen molar-refractivity contribution in [2.45, 2.75) is 13.1 Å². The van der Waals surface area contributed by atoms with Crippen molar-refractivity contribution in [1.29, 1.82) is 0 Å². The van der Waals surface area contributed by atoms with Crippen molar-refractivity contribution >= 4 is 11.7 Å². The van der Waals surface area contributed by atoms with E-state index in [9.17, 15) is 9.18 Å². The molecule has 0 saturated heterocycles. The molecule has 0 atom stereocenters. The quantitative estimate of drug-likeness (QED) is 0.704. The van der Waals surface area contributed by atoms with Gasteiger partial charge in [0.25, 0.3) is 0 Å². The highest BCUT2D eigenvalue weighted by Gasteiger charge is 2.06. The number of ether oxygens (including phenoxy) is 1. The molecular formula is C20H20FN3O2. The highest BCUT2D eigenvalue weighted by Crippen LogP contribution is 2.15. The fourth-order valence-corrected chi connectivity index (χ4v) is 2.57. The number of carbonyl (C=O) groups excluding carboxylic acids is 1. The molecule has 0 unspecified atom stereocenters. The number of nitrogens with zero attached hydrogens (tertiary/aromatic N) is 1. The molecule has 1 aromatic heterocycles. The van der Waals surface area contributed by atoms with Crippen molar-refractivity contribution < 1.29 is 13.9 Å². The van der Waals surface area contributed by atoms with Gasteiger partial charge in [0.05, 0.1) is 13.7 Å². The van der Waals surface area contributed by atoms with Crippen LogP contribution in [0.4, 0.5) is 14.9 Å². The Morgan fingerprint density at radius 3 is 2.50 bits per heavy atom. The normalized spacial score (nSPS) is 10.4. The van der Waals surface area contributed by atoms with Gasteiger partial charge < -0.3 is 19.9 Å². The summed E-state index contributed by atoms with van der Waals surface area (Å²) < 4.78 is 20.1. The monoisotopic (exact) mass is 353 g/mol. The third-order valence-corrected chi connectivity index (χ3v) is 3.97. The minimum absolute atomic E-state index is 0.252. The zero-order valence-electron chi connectivity index (χ0n) is 14.4. The Labute approximate surface area is 151 Å². The van der Waals surface area contributed by atoms with Gasteiger partial charge in [-0.15, -0.1) is 0 Å². The van der Waals surface area contributed by atoms with Crippen molar-refractivity contribution in [2.75, 3.05) is 12.4 Å². The molecule has 6 heteroatoms. The first kappa shape index (κ1) is 17.5. The maximum atomic E-state index is 13.0. The molecule has 26 heavy (non-hydrogen) atoms. The van der Waals surface area contributed by atoms with Crippen molar-refractivity contribution in [3.63, 3.8) is 0 Å². The summed E-state index contributed by atoms with van der Waals surface area (Å²) >= 11 is 0. The molecule has 5 nitrogen and oxygen atoms in total. The van der Waals surface area contributed by atoms with Gasteiger partial charge in [-0.05, 0) is 54.1 Å². The predicted molar refractivity (Wildman–Crippen MR) is 98.8 cm³/mol. The fourth-order valence-electron chi connectivity index (χ4n) is 2.57. The van der Waals surface area contributed by atoms with Gasteiger partial charge in [-0.1, -0.05) is 12.1 Å². The predicted octanol–water partition coefficient (Wildman–Crippen LogP) is 4.01. The van der Waals surface area contributed by atoms with Gasteiger partial charge in [-0.25, -0.2) is 9.18 Å². The molecule has 0 aliphatic carbocycles. The molecule has 3 rings (SSSR count). The average molecular weight is 353 g/mol. The summed E-state index contributed by atoms with van der Waals surface area (Å²) in [6.45, 7) is 1.00. The standard InChI is InChI=1S/C20H20FN3O2/c1-26-19-10-8-17(9-11-19)23-20(25)22-13-18-3-2-12-24(18)14-15-4-6-16(21)7-5-15/h2-12H,13-14H2,1H3,(H2,22,23,25). The Hall–Kier alpha value is -3.28. The van der Waals surface area contributed by atoms with Crippen LogP contribution in [0.2, 0.25) is 0 Å². The molecule has 2 amide bonds. The molecule has 0 spiro atoms. The summed E-state index contributed by atoms with van der Waals surface area (Å²) in [4.78, 5) is 12.1. The van der Waals surface area contributed by atoms with Gasteiger partial charge in [0, 0.05) is 24.1 Å². The molecule has 0 fully saturated rings. The van der Waals surface area contributed by atoms with Gasteiger partial charge in [0.1, 0.15) is 11.6 Å². The summed E-state index contributed by atoms with van der Waals surface area (Å²) in [5.74, 6) is 0.480. The molecule has 1 heterocycles. The molecule has 0 bridgehead atoms. The second-order valence-electron chi connectivity index (χ2n) is 5.79. The van der Waals surface area contributed by atoms with Crippen LogP contribution in [0, 0.1) is 5.82 Å². The van der Waals surface area contributed by atoms with E-state index in [0.717, 1.165) is 17.0 Å². The van der Waals surface area contributed by atoms with E-state index in [1.54, 1.807) is 43.5 Å². The van der Waals surface area contributed by atoms with Crippen LogP contribution in [0.25, 0.3) is 0 Å². The lowest BCUT2D eigenvalue weighted by molar-refractivity contribution is 0.251. The molecule has 0 aliphatic rings. The van der Waals surface area contributed by atoms with E-state index in [2.05, 4.69) is 10.6 Å². The minimum atomic E-state index is -0.287. The Morgan fingerprint density at radius 2 is 1.81 bits per heavy atom. The number of nitrogens with one attached hydrogen (secondary N) is 2. The van der Waals surface area contributed by atoms with E-state index in [0.29, 0.717) is 18.8 Å². The van der Waals surface area contributed by atoms with Crippen LogP contribution in [0.5, 0.6) is 5.75 Å². The number of hydrogen-bond acceptors (Lipinski definition) is 2. The third kappa shape index (κ3) is 4.63. The topological polar surface area (TPSA) is 55.3 Å². The number of hydrogen-bond donors (Lipinski definition) is 2. The molecule has 134 valence electrons. The van der Waals surface area contributed by atoms with E-state index in [4.69, 9.17) is 4.74 Å². The number of urea groups is 1. The first-order valence-electron chi connectivity index (χ1n) is 8.21. The Morgan fingerprint density at radius 1 is 1.08 bits per heavy atom. The van der Waals surface area contributed by atoms with Gasteiger partial charge in [0.2, 0.25) is 0 Å². The summed E-state index contributed by atoms with van der Waals surface area (Å²) in [5, 5.41) is 5.61. The van der Waals surface area contributed by atoms with Crippen molar-refractivity contribution in [2.24, 2.45) is 0 Å². The Bertz CT molecular complexity index is 858. The van der Waals surface area contributed by atoms with Crippen molar-refractivity contribution in [1.82, 2.24) is 9.88 Å². The van der Waals surface area contributed by atoms with Crippen LogP contribution >= 0.6 is 0 Å². The van der Waals surface area contributed by atoms with Gasteiger partial charge >= 0.3 is 6.03 Å². The number of rotatable bonds is 6. The number of anilines is 1. The number of halogens is 1. The average Bonchev–Trinajstić information content (AvgIpc) is 3.09. The van der Waals surface area contributed by atoms with Gasteiger partial charge in [0.15, 0.2) is 0 Å². The smallest absolute Gasteiger partial charge is 0.319 e. The summed E-state index contributed by atoms with van der Waals surface area (Å²) in [6, 6.07) is 17.1. The van der Waals surface area contributed by atoms with Crippen LogP contribution in [0.15, 0.2) is 66.9 Å². The first-order chi connectivity index (χ1) is 12.6. The van der Waals surface area contributed by atoms with E-state index in [-0.39, 0.29) is 11.8 Å². The Kier molecular flexibility index (Phi) is 5.53. The summed E-state index contributed by atoms with van der Waals surface area (Å²) in [5.41, 5.74) is 2.63. The number of aromatic nitrogens is 1. The molecule has 0 aliphatic heterocycles. The summed E-state index contributed by atoms with van der Waals surface area (Å²) in [7, 11) is 1.59. The van der Waals surface area contributed by atoms with Crippen LogP contribution in [0.3, 0.4) is 0 Å². The zero-order chi connectivity index (χ0) is 18.4. The van der Waals surface area contributed by atoms with Crippen LogP contribution in [0.1, 0.15) is 11.3 Å². The van der Waals surface area contributed by atoms with Crippen LogP contribution < -0.4 is 15.4 Å². The third-order valence-electron chi connectivity index (χ3n) is 3.97. The lowest BCUT2D eigenvalue weighted by Crippen LogP contribution is -2.29. The van der Waals surface area contributed by atoms with Crippen LogP contribution in [-0.2, 0) is 13.1 Å². The van der Waals surface area contributed by atoms with E-state index in [1.165, 1.54) is 12.1 Å². The maximum absolute atomic E-state index is 13.0. The fraction of sp³-hybridized carbons (Fsp3) is 0.150. The largest absolute Gasteiger partial charge is 0.497 e. The van der Waals surface area contributed by atoms with Gasteiger partial charge in [-0.2, -0.15) is 0 Å². The van der Waals surface area contributed by atoms with Crippen molar-refractivity contribution in [3.8, 4) is 5.75 Å². The molecule has 0 saturated carbocycles. The van der Waals surface area contributed by atoms with E-state index < -0.39 is 0 Å². The van der Waals surface area contributed by atoms with E-state index in [1.807, 2.05) is 22.9 Å². The van der Waals surface area contributed by atoms with Crippen molar-refractivity contribution in [3.05, 3.63) is 83.9 Å². The van der Waals surface area contributed by atoms with Gasteiger partial charge in [-0.3, -0.25) is 0 Å². The molecular weight excluding hydrogens is 333 g/mol. The molecule has 3 aromatic rings. The number of methoxy groups -OCH3 is 1. The number of benzene rings is 2. The number of carbonyl (C=O) groups is 1. The highest BCUT2D eigenvalue weighted by atomic mass is 19.1. The molecule has 2 aromatic carbocycles. The lowest BCUT2D eigenvalue weighted by atomic mass is 10.2. The molecule has 2 N–H and O–H groups in total. The second kappa shape index (κ2) is 8.20. The lowest BCUT2D eigenvalue weighted by Gasteiger charge is -2.11. The molecule has 0 radical (unpaired) electrons. The van der Waals surface area contributed by atoms with Crippen LogP contribution in [-0.4, -0.2) is 17.7 Å². The summed E-state index contributed by atoms with van der Waals surface area (Å²) in [6.07, 6.45) is 1.93. The highest BCUT2D eigenvalue weighted by molar-refractivity contribution is 5.89. The zero-order valence-corrected chi connectivity index (χ0v) is 14.4. The minimum Gasteiger partial charge on any atom is -0.497 e. The van der Waals surface area contributed by atoms with E-state index >= 15 is 0 Å². The SMILES string of the molecule is COc1ccc(NC(=O)NCc2cccn2Cc2ccc(F)cc2)cc1.